The Balaban J connectivity index is 2.27. The first-order valence-electron chi connectivity index (χ1n) is 5.85. The topological polar surface area (TPSA) is 25.4 Å². The Bertz CT molecular complexity index is 402. The molecule has 94 valence electrons. The molecular weight excluding hydrogens is 236 g/mol. The Kier molecular flexibility index (Phi) is 3.08. The molecule has 1 saturated heterocycles. The van der Waals surface area contributed by atoms with Crippen LogP contribution in [0.2, 0.25) is 5.15 Å². The van der Waals surface area contributed by atoms with Crippen LogP contribution in [0.4, 0.5) is 5.82 Å². The van der Waals surface area contributed by atoms with Gasteiger partial charge in [-0.25, -0.2) is 4.98 Å². The molecule has 1 aromatic heterocycles. The average molecular weight is 255 g/mol. The largest absolute Gasteiger partial charge is 0.366 e. The van der Waals surface area contributed by atoms with E-state index in [-0.39, 0.29) is 11.2 Å². The third kappa shape index (κ3) is 3.11. The van der Waals surface area contributed by atoms with Crippen molar-refractivity contribution in [2.24, 2.45) is 0 Å². The van der Waals surface area contributed by atoms with Gasteiger partial charge in [-0.1, -0.05) is 17.7 Å². The summed E-state index contributed by atoms with van der Waals surface area (Å²) in [5.74, 6) is 0.918. The van der Waals surface area contributed by atoms with Gasteiger partial charge in [0.2, 0.25) is 0 Å². The van der Waals surface area contributed by atoms with Crippen molar-refractivity contribution >= 4 is 17.4 Å². The first-order chi connectivity index (χ1) is 7.77. The van der Waals surface area contributed by atoms with Crippen LogP contribution in [0.3, 0.4) is 0 Å². The molecule has 0 saturated carbocycles. The number of aromatic nitrogens is 1. The fourth-order valence-electron chi connectivity index (χ4n) is 2.52. The zero-order chi connectivity index (χ0) is 12.7. The minimum atomic E-state index is -0.175. The average Bonchev–Trinajstić information content (AvgIpc) is 2.12. The van der Waals surface area contributed by atoms with Gasteiger partial charge in [0, 0.05) is 13.1 Å². The second-order valence-corrected chi connectivity index (χ2v) is 6.18. The maximum atomic E-state index is 6.04. The van der Waals surface area contributed by atoms with Gasteiger partial charge in [0.05, 0.1) is 11.2 Å². The molecule has 17 heavy (non-hydrogen) atoms. The molecule has 2 heterocycles. The Morgan fingerprint density at radius 3 is 2.29 bits per heavy atom. The summed E-state index contributed by atoms with van der Waals surface area (Å²) in [5, 5.41) is 0.532. The number of morpholine rings is 1. The van der Waals surface area contributed by atoms with Crippen molar-refractivity contribution in [1.29, 1.82) is 0 Å². The normalized spacial score (nSPS) is 22.5. The lowest BCUT2D eigenvalue weighted by Gasteiger charge is -2.47. The second-order valence-electron chi connectivity index (χ2n) is 5.80. The number of anilines is 1. The van der Waals surface area contributed by atoms with Gasteiger partial charge in [-0.15, -0.1) is 0 Å². The van der Waals surface area contributed by atoms with E-state index in [0.717, 1.165) is 18.9 Å². The van der Waals surface area contributed by atoms with Crippen molar-refractivity contribution in [2.45, 2.75) is 38.9 Å². The molecule has 1 aromatic rings. The van der Waals surface area contributed by atoms with Crippen molar-refractivity contribution in [1.82, 2.24) is 4.98 Å². The van der Waals surface area contributed by atoms with E-state index in [9.17, 15) is 0 Å². The van der Waals surface area contributed by atoms with Gasteiger partial charge in [0.1, 0.15) is 11.0 Å². The summed E-state index contributed by atoms with van der Waals surface area (Å²) < 4.78 is 6.04. The summed E-state index contributed by atoms with van der Waals surface area (Å²) in [6.07, 6.45) is 0. The number of nitrogens with zero attached hydrogens (tertiary/aromatic N) is 2. The van der Waals surface area contributed by atoms with E-state index in [4.69, 9.17) is 16.3 Å². The molecule has 0 amide bonds. The highest BCUT2D eigenvalue weighted by molar-refractivity contribution is 6.29. The Hall–Kier alpha value is -0.800. The van der Waals surface area contributed by atoms with Crippen molar-refractivity contribution < 1.29 is 4.74 Å². The summed E-state index contributed by atoms with van der Waals surface area (Å²) in [7, 11) is 0. The zero-order valence-electron chi connectivity index (χ0n) is 10.8. The molecule has 1 aliphatic rings. The smallest absolute Gasteiger partial charge is 0.131 e. The summed E-state index contributed by atoms with van der Waals surface area (Å²) in [6, 6.07) is 5.71. The maximum absolute atomic E-state index is 6.04. The van der Waals surface area contributed by atoms with Crippen LogP contribution in [-0.2, 0) is 4.74 Å². The number of halogens is 1. The minimum Gasteiger partial charge on any atom is -0.366 e. The van der Waals surface area contributed by atoms with E-state index in [2.05, 4.69) is 37.6 Å². The lowest BCUT2D eigenvalue weighted by atomic mass is 9.99. The second kappa shape index (κ2) is 4.14. The van der Waals surface area contributed by atoms with Crippen molar-refractivity contribution in [3.63, 3.8) is 0 Å². The summed E-state index contributed by atoms with van der Waals surface area (Å²) >= 11 is 5.94. The van der Waals surface area contributed by atoms with Crippen LogP contribution in [0.5, 0.6) is 0 Å². The van der Waals surface area contributed by atoms with Crippen LogP contribution in [0.15, 0.2) is 18.2 Å². The van der Waals surface area contributed by atoms with Gasteiger partial charge in [-0.3, -0.25) is 0 Å². The fraction of sp³-hybridized carbons (Fsp3) is 0.615. The summed E-state index contributed by atoms with van der Waals surface area (Å²) in [4.78, 5) is 6.60. The molecule has 2 rings (SSSR count). The Morgan fingerprint density at radius 2 is 1.76 bits per heavy atom. The molecular formula is C13H19ClN2O. The van der Waals surface area contributed by atoms with E-state index in [0.29, 0.717) is 5.15 Å². The fourth-order valence-corrected chi connectivity index (χ4v) is 2.68. The quantitative estimate of drug-likeness (QED) is 0.720. The Labute approximate surface area is 108 Å². The Morgan fingerprint density at radius 1 is 1.18 bits per heavy atom. The van der Waals surface area contributed by atoms with Crippen LogP contribution < -0.4 is 4.90 Å². The molecule has 1 fully saturated rings. The van der Waals surface area contributed by atoms with E-state index in [1.165, 1.54) is 0 Å². The number of pyridine rings is 1. The van der Waals surface area contributed by atoms with Gasteiger partial charge in [-0.2, -0.15) is 0 Å². The van der Waals surface area contributed by atoms with Crippen LogP contribution in [0.25, 0.3) is 0 Å². The van der Waals surface area contributed by atoms with Crippen LogP contribution >= 0.6 is 11.6 Å². The van der Waals surface area contributed by atoms with Crippen LogP contribution in [0, 0.1) is 0 Å². The molecule has 0 N–H and O–H groups in total. The third-order valence-corrected chi connectivity index (χ3v) is 2.93. The van der Waals surface area contributed by atoms with E-state index in [1.807, 2.05) is 12.1 Å². The third-order valence-electron chi connectivity index (χ3n) is 2.72. The number of hydrogen-bond acceptors (Lipinski definition) is 3. The number of hydrogen-bond donors (Lipinski definition) is 0. The molecule has 0 atom stereocenters. The summed E-state index contributed by atoms with van der Waals surface area (Å²) in [5.41, 5.74) is -0.350. The standard InChI is InChI=1S/C13H19ClN2O/c1-12(2)8-16(9-13(3,4)17-12)11-7-5-6-10(14)15-11/h5-7H,8-9H2,1-4H3. The predicted octanol–water partition coefficient (Wildman–Crippen LogP) is 3.13. The van der Waals surface area contributed by atoms with Crippen molar-refractivity contribution in [3.8, 4) is 0 Å². The minimum absolute atomic E-state index is 0.175. The molecule has 4 heteroatoms. The highest BCUT2D eigenvalue weighted by Gasteiger charge is 2.38. The first kappa shape index (κ1) is 12.7. The highest BCUT2D eigenvalue weighted by atomic mass is 35.5. The number of ether oxygens (including phenoxy) is 1. The van der Waals surface area contributed by atoms with Crippen LogP contribution in [0.1, 0.15) is 27.7 Å². The lowest BCUT2D eigenvalue weighted by Crippen LogP contribution is -2.57. The summed E-state index contributed by atoms with van der Waals surface area (Å²) in [6.45, 7) is 10.1. The molecule has 3 nitrogen and oxygen atoms in total. The molecule has 0 aromatic carbocycles. The van der Waals surface area contributed by atoms with Crippen molar-refractivity contribution in [3.05, 3.63) is 23.4 Å². The molecule has 1 aliphatic heterocycles. The van der Waals surface area contributed by atoms with Gasteiger partial charge in [0.25, 0.3) is 0 Å². The lowest BCUT2D eigenvalue weighted by molar-refractivity contribution is -0.133. The molecule has 0 unspecified atom stereocenters. The van der Waals surface area contributed by atoms with Gasteiger partial charge >= 0.3 is 0 Å². The number of rotatable bonds is 1. The van der Waals surface area contributed by atoms with E-state index >= 15 is 0 Å². The van der Waals surface area contributed by atoms with E-state index < -0.39 is 0 Å². The maximum Gasteiger partial charge on any atom is 0.131 e. The van der Waals surface area contributed by atoms with Crippen LogP contribution in [-0.4, -0.2) is 29.3 Å². The molecule has 0 spiro atoms. The SMILES string of the molecule is CC1(C)CN(c2cccc(Cl)n2)CC(C)(C)O1. The zero-order valence-corrected chi connectivity index (χ0v) is 11.6. The molecule has 0 bridgehead atoms. The molecule has 0 aliphatic carbocycles. The molecule has 0 radical (unpaired) electrons. The van der Waals surface area contributed by atoms with Gasteiger partial charge in [0.15, 0.2) is 0 Å². The van der Waals surface area contributed by atoms with E-state index in [1.54, 1.807) is 6.07 Å². The van der Waals surface area contributed by atoms with Gasteiger partial charge < -0.3 is 9.64 Å². The first-order valence-corrected chi connectivity index (χ1v) is 6.23. The van der Waals surface area contributed by atoms with Crippen molar-refractivity contribution in [2.75, 3.05) is 18.0 Å². The monoisotopic (exact) mass is 254 g/mol. The highest BCUT2D eigenvalue weighted by Crippen LogP contribution is 2.30. The van der Waals surface area contributed by atoms with Gasteiger partial charge in [-0.05, 0) is 39.8 Å². The predicted molar refractivity (Wildman–Crippen MR) is 70.7 cm³/mol.